The topological polar surface area (TPSA) is 86.8 Å². The fourth-order valence-corrected chi connectivity index (χ4v) is 6.53. The molecule has 236 valence electrons. The molecule has 0 radical (unpaired) electrons. The molecule has 0 aromatic heterocycles. The van der Waals surface area contributed by atoms with Crippen molar-refractivity contribution in [2.75, 3.05) is 10.8 Å². The lowest BCUT2D eigenvalue weighted by Crippen LogP contribution is -2.56. The van der Waals surface area contributed by atoms with Crippen molar-refractivity contribution >= 4 is 27.5 Å². The van der Waals surface area contributed by atoms with Crippen molar-refractivity contribution in [3.8, 4) is 0 Å². The van der Waals surface area contributed by atoms with E-state index in [0.717, 1.165) is 32.1 Å². The average Bonchev–Trinajstić information content (AvgIpc) is 3.00. The van der Waals surface area contributed by atoms with Crippen LogP contribution in [0.25, 0.3) is 0 Å². The lowest BCUT2D eigenvalue weighted by atomic mass is 10.00. The molecule has 8 heteroatoms. The molecule has 7 nitrogen and oxygen atoms in total. The van der Waals surface area contributed by atoms with E-state index in [-0.39, 0.29) is 23.8 Å². The summed E-state index contributed by atoms with van der Waals surface area (Å²) in [6.45, 7) is 11.1. The van der Waals surface area contributed by atoms with Crippen molar-refractivity contribution in [3.63, 3.8) is 0 Å². The molecule has 4 aromatic carbocycles. The van der Waals surface area contributed by atoms with Crippen LogP contribution in [0, 0.1) is 20.8 Å². The molecule has 1 unspecified atom stereocenters. The maximum Gasteiger partial charge on any atom is 0.264 e. The van der Waals surface area contributed by atoms with Crippen molar-refractivity contribution in [2.45, 2.75) is 71.0 Å². The van der Waals surface area contributed by atoms with Crippen molar-refractivity contribution < 1.29 is 18.0 Å². The third kappa shape index (κ3) is 8.60. The number of nitrogens with one attached hydrogen (secondary N) is 1. The predicted molar refractivity (Wildman–Crippen MR) is 180 cm³/mol. The highest BCUT2D eigenvalue weighted by atomic mass is 32.2. The van der Waals surface area contributed by atoms with E-state index < -0.39 is 34.1 Å². The van der Waals surface area contributed by atoms with Gasteiger partial charge in [0, 0.05) is 18.5 Å². The van der Waals surface area contributed by atoms with Crippen LogP contribution in [-0.2, 0) is 32.6 Å². The van der Waals surface area contributed by atoms with Crippen molar-refractivity contribution in [1.29, 1.82) is 0 Å². The molecule has 1 atom stereocenters. The standard InChI is InChI=1S/C37H43N3O4S/c1-27-21-22-32(23-29(27)3)40(45(43,44)33-19-11-8-12-20-33)26-35(41)39(25-31-18-14-13-15-28(31)2)34(36(42)38-37(4,5)6)24-30-16-9-7-10-17-30/h7-23,34H,24-26H2,1-6H3,(H,38,42). The van der Waals surface area contributed by atoms with Gasteiger partial charge >= 0.3 is 0 Å². The molecule has 0 bridgehead atoms. The van der Waals surface area contributed by atoms with Crippen LogP contribution in [0.2, 0.25) is 0 Å². The zero-order chi connectivity index (χ0) is 32.8. The van der Waals surface area contributed by atoms with Crippen molar-refractivity contribution in [1.82, 2.24) is 10.2 Å². The molecule has 1 N–H and O–H groups in total. The van der Waals surface area contributed by atoms with Crippen LogP contribution in [0.5, 0.6) is 0 Å². The van der Waals surface area contributed by atoms with Gasteiger partial charge in [-0.1, -0.05) is 78.9 Å². The molecule has 0 spiro atoms. The van der Waals surface area contributed by atoms with Gasteiger partial charge in [-0.25, -0.2) is 8.42 Å². The van der Waals surface area contributed by atoms with E-state index in [1.54, 1.807) is 30.3 Å². The molecule has 4 rings (SSSR count). The van der Waals surface area contributed by atoms with Gasteiger partial charge in [-0.05, 0) is 93.6 Å². The SMILES string of the molecule is Cc1ccc(N(CC(=O)N(Cc2ccccc2C)C(Cc2ccccc2)C(=O)NC(C)(C)C)S(=O)(=O)c2ccccc2)cc1C. The number of amides is 2. The Labute approximate surface area is 268 Å². The van der Waals surface area contributed by atoms with Crippen LogP contribution >= 0.6 is 0 Å². The Morgan fingerprint density at radius 2 is 1.36 bits per heavy atom. The second-order valence-corrected chi connectivity index (χ2v) is 14.3. The van der Waals surface area contributed by atoms with E-state index in [1.807, 2.05) is 102 Å². The highest BCUT2D eigenvalue weighted by Crippen LogP contribution is 2.27. The molecule has 2 amide bonds. The second kappa shape index (κ2) is 14.1. The molecule has 45 heavy (non-hydrogen) atoms. The molecule has 0 aliphatic carbocycles. The van der Waals surface area contributed by atoms with E-state index in [2.05, 4.69) is 5.32 Å². The summed E-state index contributed by atoms with van der Waals surface area (Å²) in [7, 11) is -4.14. The zero-order valence-electron chi connectivity index (χ0n) is 26.9. The number of carbonyl (C=O) groups excluding carboxylic acids is 2. The molecule has 0 heterocycles. The molecular weight excluding hydrogens is 582 g/mol. The quantitative estimate of drug-likeness (QED) is 0.210. The van der Waals surface area contributed by atoms with Gasteiger partial charge in [0.25, 0.3) is 10.0 Å². The minimum atomic E-state index is -4.14. The summed E-state index contributed by atoms with van der Waals surface area (Å²) in [6, 6.07) is 29.8. The van der Waals surface area contributed by atoms with E-state index in [9.17, 15) is 18.0 Å². The minimum absolute atomic E-state index is 0.0767. The molecule has 0 aliphatic rings. The van der Waals surface area contributed by atoms with Crippen molar-refractivity contribution in [2.24, 2.45) is 0 Å². The predicted octanol–water partition coefficient (Wildman–Crippen LogP) is 6.36. The maximum atomic E-state index is 14.6. The van der Waals surface area contributed by atoms with Crippen molar-refractivity contribution in [3.05, 3.63) is 131 Å². The lowest BCUT2D eigenvalue weighted by molar-refractivity contribution is -0.140. The molecule has 0 fully saturated rings. The number of benzene rings is 4. The van der Waals surface area contributed by atoms with Gasteiger partial charge in [-0.3, -0.25) is 13.9 Å². The number of anilines is 1. The Bertz CT molecular complexity index is 1730. The lowest BCUT2D eigenvalue weighted by Gasteiger charge is -2.35. The summed E-state index contributed by atoms with van der Waals surface area (Å²) in [5.74, 6) is -0.794. The number of rotatable bonds is 11. The fraction of sp³-hybridized carbons (Fsp3) is 0.297. The number of hydrogen-bond acceptors (Lipinski definition) is 4. The van der Waals surface area contributed by atoms with Crippen LogP contribution in [-0.4, -0.2) is 43.3 Å². The van der Waals surface area contributed by atoms with Gasteiger partial charge in [-0.15, -0.1) is 0 Å². The Balaban J connectivity index is 1.84. The summed E-state index contributed by atoms with van der Waals surface area (Å²) in [5, 5.41) is 3.07. The molecule has 0 saturated heterocycles. The Morgan fingerprint density at radius 1 is 0.756 bits per heavy atom. The normalized spacial score (nSPS) is 12.3. The fourth-order valence-electron chi connectivity index (χ4n) is 5.11. The largest absolute Gasteiger partial charge is 0.350 e. The summed E-state index contributed by atoms with van der Waals surface area (Å²) in [5.41, 5.74) is 4.46. The first-order valence-electron chi connectivity index (χ1n) is 15.1. The average molecular weight is 626 g/mol. The van der Waals surface area contributed by atoms with Crippen LogP contribution in [0.1, 0.15) is 48.6 Å². The minimum Gasteiger partial charge on any atom is -0.350 e. The van der Waals surface area contributed by atoms with Crippen LogP contribution in [0.15, 0.2) is 108 Å². The second-order valence-electron chi connectivity index (χ2n) is 12.5. The Hall–Kier alpha value is -4.43. The number of hydrogen-bond donors (Lipinski definition) is 1. The maximum absolute atomic E-state index is 14.6. The van der Waals surface area contributed by atoms with Gasteiger partial charge in [0.2, 0.25) is 11.8 Å². The smallest absolute Gasteiger partial charge is 0.264 e. The van der Waals surface area contributed by atoms with Crippen LogP contribution in [0.4, 0.5) is 5.69 Å². The van der Waals surface area contributed by atoms with E-state index in [4.69, 9.17) is 0 Å². The number of sulfonamides is 1. The highest BCUT2D eigenvalue weighted by molar-refractivity contribution is 7.92. The number of carbonyl (C=O) groups is 2. The number of aryl methyl sites for hydroxylation is 3. The molecule has 0 aliphatic heterocycles. The van der Waals surface area contributed by atoms with E-state index in [1.165, 1.54) is 17.0 Å². The monoisotopic (exact) mass is 625 g/mol. The summed E-state index contributed by atoms with van der Waals surface area (Å²) in [6.07, 6.45) is 0.259. The van der Waals surface area contributed by atoms with Gasteiger partial charge < -0.3 is 10.2 Å². The van der Waals surface area contributed by atoms with Gasteiger partial charge in [0.1, 0.15) is 12.6 Å². The van der Waals surface area contributed by atoms with Gasteiger partial charge in [0.05, 0.1) is 10.6 Å². The first-order valence-corrected chi connectivity index (χ1v) is 16.6. The Kier molecular flexibility index (Phi) is 10.5. The van der Waals surface area contributed by atoms with Gasteiger partial charge in [0.15, 0.2) is 0 Å². The first-order chi connectivity index (χ1) is 21.3. The molecule has 4 aromatic rings. The van der Waals surface area contributed by atoms with E-state index >= 15 is 0 Å². The van der Waals surface area contributed by atoms with Crippen LogP contribution < -0.4 is 9.62 Å². The summed E-state index contributed by atoms with van der Waals surface area (Å²) in [4.78, 5) is 30.2. The molecule has 0 saturated carbocycles. The summed E-state index contributed by atoms with van der Waals surface area (Å²) >= 11 is 0. The Morgan fingerprint density at radius 3 is 1.96 bits per heavy atom. The molecular formula is C37H43N3O4S. The first kappa shape index (κ1) is 33.5. The number of nitrogens with zero attached hydrogens (tertiary/aromatic N) is 2. The third-order valence-corrected chi connectivity index (χ3v) is 9.55. The summed E-state index contributed by atoms with van der Waals surface area (Å²) < 4.78 is 29.5. The highest BCUT2D eigenvalue weighted by Gasteiger charge is 2.35. The van der Waals surface area contributed by atoms with Crippen LogP contribution in [0.3, 0.4) is 0 Å². The van der Waals surface area contributed by atoms with Gasteiger partial charge in [-0.2, -0.15) is 0 Å². The third-order valence-electron chi connectivity index (χ3n) is 7.76. The zero-order valence-corrected chi connectivity index (χ0v) is 27.8. The van der Waals surface area contributed by atoms with E-state index in [0.29, 0.717) is 5.69 Å².